The number of halogens is 2. The van der Waals surface area contributed by atoms with Gasteiger partial charge in [0.25, 0.3) is 6.43 Å². The SMILES string of the molecule is Cc1nn(Cc2ccccc2)c(C)c1NC(=O)Cn1nc(C)c2c(C(F)F)cc(C3CC3)nc21. The topological polar surface area (TPSA) is 77.6 Å². The van der Waals surface area contributed by atoms with Crippen molar-refractivity contribution in [2.45, 2.75) is 59.0 Å². The van der Waals surface area contributed by atoms with Gasteiger partial charge in [0.15, 0.2) is 5.65 Å². The van der Waals surface area contributed by atoms with E-state index < -0.39 is 6.43 Å². The smallest absolute Gasteiger partial charge is 0.264 e. The van der Waals surface area contributed by atoms with Gasteiger partial charge in [-0.3, -0.25) is 9.48 Å². The van der Waals surface area contributed by atoms with Crippen LogP contribution in [0.15, 0.2) is 36.4 Å². The lowest BCUT2D eigenvalue weighted by molar-refractivity contribution is -0.116. The van der Waals surface area contributed by atoms with Crippen molar-refractivity contribution in [3.05, 3.63) is 70.3 Å². The number of hydrogen-bond acceptors (Lipinski definition) is 4. The average Bonchev–Trinajstić information content (AvgIpc) is 3.57. The molecule has 0 radical (unpaired) electrons. The number of aryl methyl sites for hydroxylation is 2. The summed E-state index contributed by atoms with van der Waals surface area (Å²) in [5.41, 5.74) is 4.66. The van der Waals surface area contributed by atoms with Crippen LogP contribution in [0.4, 0.5) is 14.5 Å². The maximum Gasteiger partial charge on any atom is 0.264 e. The predicted molar refractivity (Wildman–Crippen MR) is 125 cm³/mol. The van der Waals surface area contributed by atoms with Crippen molar-refractivity contribution in [2.24, 2.45) is 0 Å². The molecule has 0 spiro atoms. The van der Waals surface area contributed by atoms with Crippen LogP contribution in [0.3, 0.4) is 0 Å². The second-order valence-electron chi connectivity index (χ2n) is 8.89. The second kappa shape index (κ2) is 8.62. The summed E-state index contributed by atoms with van der Waals surface area (Å²) in [7, 11) is 0. The molecule has 0 unspecified atom stereocenters. The van der Waals surface area contributed by atoms with E-state index in [-0.39, 0.29) is 23.9 Å². The van der Waals surface area contributed by atoms with E-state index in [2.05, 4.69) is 20.5 Å². The predicted octanol–water partition coefficient (Wildman–Crippen LogP) is 5.06. The highest BCUT2D eigenvalue weighted by Gasteiger charge is 2.29. The molecule has 0 bridgehead atoms. The molecule has 1 amide bonds. The first kappa shape index (κ1) is 22.2. The van der Waals surface area contributed by atoms with Crippen LogP contribution in [0.25, 0.3) is 11.0 Å². The Morgan fingerprint density at radius 2 is 1.79 bits per heavy atom. The molecule has 0 saturated heterocycles. The second-order valence-corrected chi connectivity index (χ2v) is 8.89. The maximum atomic E-state index is 13.8. The molecule has 7 nitrogen and oxygen atoms in total. The quantitative estimate of drug-likeness (QED) is 0.415. The summed E-state index contributed by atoms with van der Waals surface area (Å²) in [4.78, 5) is 17.6. The zero-order valence-electron chi connectivity index (χ0n) is 19.3. The molecule has 9 heteroatoms. The molecule has 1 aromatic carbocycles. The van der Waals surface area contributed by atoms with Crippen LogP contribution in [0.5, 0.6) is 0 Å². The Labute approximate surface area is 195 Å². The number of aromatic nitrogens is 5. The van der Waals surface area contributed by atoms with E-state index >= 15 is 0 Å². The molecule has 3 heterocycles. The Hall–Kier alpha value is -3.62. The van der Waals surface area contributed by atoms with Crippen LogP contribution < -0.4 is 5.32 Å². The van der Waals surface area contributed by atoms with Gasteiger partial charge in [-0.1, -0.05) is 30.3 Å². The molecule has 3 aromatic heterocycles. The van der Waals surface area contributed by atoms with E-state index in [9.17, 15) is 13.6 Å². The standard InChI is InChI=1S/C25H26F2N6O/c1-14-22-19(24(26)27)11-20(18-9-10-18)28-25(22)33(30-14)13-21(34)29-23-15(2)31-32(16(23)3)12-17-7-5-4-6-8-17/h4-8,11,18,24H,9-10,12-13H2,1-3H3,(H,29,34). The van der Waals surface area contributed by atoms with Gasteiger partial charge >= 0.3 is 0 Å². The van der Waals surface area contributed by atoms with Crippen molar-refractivity contribution in [1.29, 1.82) is 0 Å². The van der Waals surface area contributed by atoms with Crippen LogP contribution in [0.2, 0.25) is 0 Å². The zero-order chi connectivity index (χ0) is 24.0. The van der Waals surface area contributed by atoms with Gasteiger partial charge in [-0.05, 0) is 45.2 Å². The van der Waals surface area contributed by atoms with Crippen molar-refractivity contribution in [3.63, 3.8) is 0 Å². The Bertz CT molecular complexity index is 1370. The third-order valence-corrected chi connectivity index (χ3v) is 6.27. The minimum Gasteiger partial charge on any atom is -0.321 e. The van der Waals surface area contributed by atoms with E-state index in [1.54, 1.807) is 6.92 Å². The van der Waals surface area contributed by atoms with Gasteiger partial charge in [0.2, 0.25) is 5.91 Å². The summed E-state index contributed by atoms with van der Waals surface area (Å²) in [6, 6.07) is 11.5. The summed E-state index contributed by atoms with van der Waals surface area (Å²) < 4.78 is 30.9. The number of anilines is 1. The first-order chi connectivity index (χ1) is 16.3. The van der Waals surface area contributed by atoms with Gasteiger partial charge in [0, 0.05) is 17.2 Å². The van der Waals surface area contributed by atoms with Crippen LogP contribution >= 0.6 is 0 Å². The first-order valence-electron chi connectivity index (χ1n) is 11.4. The Morgan fingerprint density at radius 1 is 1.09 bits per heavy atom. The molecule has 4 aromatic rings. The normalized spacial score (nSPS) is 13.7. The molecule has 1 fully saturated rings. The fourth-order valence-corrected chi connectivity index (χ4v) is 4.38. The summed E-state index contributed by atoms with van der Waals surface area (Å²) in [6.07, 6.45) is -0.741. The number of carbonyl (C=O) groups is 1. The lowest BCUT2D eigenvalue weighted by atomic mass is 10.1. The monoisotopic (exact) mass is 464 g/mol. The minimum atomic E-state index is -2.63. The number of amides is 1. The van der Waals surface area contributed by atoms with Gasteiger partial charge in [-0.15, -0.1) is 0 Å². The van der Waals surface area contributed by atoms with E-state index in [0.717, 1.165) is 24.1 Å². The summed E-state index contributed by atoms with van der Waals surface area (Å²) in [6.45, 7) is 5.89. The minimum absolute atomic E-state index is 0.0649. The summed E-state index contributed by atoms with van der Waals surface area (Å²) >= 11 is 0. The third kappa shape index (κ3) is 4.18. The number of pyridine rings is 1. The van der Waals surface area contributed by atoms with Gasteiger partial charge in [0.05, 0.1) is 34.7 Å². The Balaban J connectivity index is 1.41. The molecule has 1 aliphatic carbocycles. The number of carbonyl (C=O) groups excluding carboxylic acids is 1. The molecule has 1 N–H and O–H groups in total. The van der Waals surface area contributed by atoms with Crippen molar-refractivity contribution in [3.8, 4) is 0 Å². The molecule has 1 saturated carbocycles. The van der Waals surface area contributed by atoms with E-state index in [4.69, 9.17) is 0 Å². The average molecular weight is 465 g/mol. The first-order valence-corrected chi connectivity index (χ1v) is 11.4. The van der Waals surface area contributed by atoms with Crippen molar-refractivity contribution in [1.82, 2.24) is 24.5 Å². The van der Waals surface area contributed by atoms with Gasteiger partial charge in [-0.25, -0.2) is 18.4 Å². The number of nitrogens with zero attached hydrogens (tertiary/aromatic N) is 5. The molecule has 0 atom stereocenters. The molecule has 176 valence electrons. The van der Waals surface area contributed by atoms with Gasteiger partial charge in [-0.2, -0.15) is 10.2 Å². The Kier molecular flexibility index (Phi) is 5.63. The summed E-state index contributed by atoms with van der Waals surface area (Å²) in [5.74, 6) is -0.104. The van der Waals surface area contributed by atoms with Crippen molar-refractivity contribution >= 4 is 22.6 Å². The molecule has 34 heavy (non-hydrogen) atoms. The molecular weight excluding hydrogens is 438 g/mol. The van der Waals surface area contributed by atoms with E-state index in [0.29, 0.717) is 40.3 Å². The fourth-order valence-electron chi connectivity index (χ4n) is 4.38. The fraction of sp³-hybridized carbons (Fsp3) is 0.360. The van der Waals surface area contributed by atoms with E-state index in [1.807, 2.05) is 48.9 Å². The van der Waals surface area contributed by atoms with Gasteiger partial charge < -0.3 is 5.32 Å². The number of rotatable bonds is 7. The number of benzene rings is 1. The number of alkyl halides is 2. The lowest BCUT2D eigenvalue weighted by Crippen LogP contribution is -2.20. The highest BCUT2D eigenvalue weighted by Crippen LogP contribution is 2.41. The lowest BCUT2D eigenvalue weighted by Gasteiger charge is -2.09. The van der Waals surface area contributed by atoms with Gasteiger partial charge in [0.1, 0.15) is 6.54 Å². The highest BCUT2D eigenvalue weighted by atomic mass is 19.3. The third-order valence-electron chi connectivity index (χ3n) is 6.27. The number of hydrogen-bond donors (Lipinski definition) is 1. The van der Waals surface area contributed by atoms with Crippen molar-refractivity contribution in [2.75, 3.05) is 5.32 Å². The number of fused-ring (bicyclic) bond motifs is 1. The van der Waals surface area contributed by atoms with Crippen LogP contribution in [0.1, 0.15) is 59.1 Å². The van der Waals surface area contributed by atoms with Crippen molar-refractivity contribution < 1.29 is 13.6 Å². The number of nitrogens with one attached hydrogen (secondary N) is 1. The van der Waals surface area contributed by atoms with Crippen LogP contribution in [0, 0.1) is 20.8 Å². The largest absolute Gasteiger partial charge is 0.321 e. The molecule has 0 aliphatic heterocycles. The zero-order valence-corrected chi connectivity index (χ0v) is 19.3. The van der Waals surface area contributed by atoms with Crippen LogP contribution in [-0.4, -0.2) is 30.5 Å². The Morgan fingerprint density at radius 3 is 2.47 bits per heavy atom. The maximum absolute atomic E-state index is 13.8. The summed E-state index contributed by atoms with van der Waals surface area (Å²) in [5, 5.41) is 12.2. The van der Waals surface area contributed by atoms with E-state index in [1.165, 1.54) is 10.7 Å². The van der Waals surface area contributed by atoms with Crippen LogP contribution in [-0.2, 0) is 17.9 Å². The highest BCUT2D eigenvalue weighted by molar-refractivity contribution is 5.93. The molecule has 1 aliphatic rings. The molecular formula is C25H26F2N6O. The molecule has 5 rings (SSSR count).